The van der Waals surface area contributed by atoms with Crippen LogP contribution in [0.3, 0.4) is 0 Å². The molecule has 0 aliphatic carbocycles. The fourth-order valence-electron chi connectivity index (χ4n) is 1.93. The summed E-state index contributed by atoms with van der Waals surface area (Å²) < 4.78 is 13.8. The first-order valence-corrected chi connectivity index (χ1v) is 8.09. The molecule has 4 heteroatoms. The average molecular weight is 331 g/mol. The zero-order valence-electron chi connectivity index (χ0n) is 11.7. The minimum atomic E-state index is -0.296. The smallest absolute Gasteiger partial charge is 0.127 e. The van der Waals surface area contributed by atoms with Gasteiger partial charge >= 0.3 is 0 Å². The first-order chi connectivity index (χ1) is 9.29. The maximum absolute atomic E-state index is 13.8. The second-order valence-electron chi connectivity index (χ2n) is 5.82. The van der Waals surface area contributed by atoms with E-state index in [0.717, 1.165) is 4.88 Å². The Hall–Kier alpha value is -0.570. The Morgan fingerprint density at radius 2 is 1.90 bits per heavy atom. The van der Waals surface area contributed by atoms with Gasteiger partial charge < -0.3 is 0 Å². The topological polar surface area (TPSA) is 0 Å². The van der Waals surface area contributed by atoms with Crippen LogP contribution < -0.4 is 0 Å². The number of alkyl halides is 1. The molecule has 0 saturated carbocycles. The first-order valence-electron chi connectivity index (χ1n) is 6.46. The second kappa shape index (κ2) is 6.05. The molecule has 0 spiro atoms. The molecule has 1 atom stereocenters. The van der Waals surface area contributed by atoms with Crippen molar-refractivity contribution in [2.45, 2.75) is 38.0 Å². The van der Waals surface area contributed by atoms with Crippen molar-refractivity contribution in [3.05, 3.63) is 56.5 Å². The van der Waals surface area contributed by atoms with Gasteiger partial charge in [0.2, 0.25) is 0 Å². The number of thiophene rings is 1. The van der Waals surface area contributed by atoms with Gasteiger partial charge in [0, 0.05) is 20.3 Å². The summed E-state index contributed by atoms with van der Waals surface area (Å²) in [5, 5.41) is 0.175. The molecule has 0 radical (unpaired) electrons. The third-order valence-electron chi connectivity index (χ3n) is 3.12. The first kappa shape index (κ1) is 15.8. The number of rotatable bonds is 3. The zero-order valence-corrected chi connectivity index (χ0v) is 14.0. The van der Waals surface area contributed by atoms with Crippen LogP contribution >= 0.6 is 34.5 Å². The van der Waals surface area contributed by atoms with Gasteiger partial charge in [0.25, 0.3) is 0 Å². The molecule has 1 aromatic carbocycles. The summed E-state index contributed by atoms with van der Waals surface area (Å²) in [6, 6.07) is 8.83. The Balaban J connectivity index is 2.20. The molecule has 1 aromatic heterocycles. The van der Waals surface area contributed by atoms with Crippen LogP contribution in [0.1, 0.15) is 41.5 Å². The van der Waals surface area contributed by atoms with E-state index < -0.39 is 0 Å². The van der Waals surface area contributed by atoms with E-state index >= 15 is 0 Å². The highest BCUT2D eigenvalue weighted by molar-refractivity contribution is 7.12. The van der Waals surface area contributed by atoms with Crippen molar-refractivity contribution in [2.75, 3.05) is 0 Å². The van der Waals surface area contributed by atoms with Crippen LogP contribution in [0.25, 0.3) is 0 Å². The lowest BCUT2D eigenvalue weighted by molar-refractivity contribution is 0.604. The van der Waals surface area contributed by atoms with E-state index in [1.165, 1.54) is 10.9 Å². The Labute approximate surface area is 133 Å². The highest BCUT2D eigenvalue weighted by atomic mass is 35.5. The van der Waals surface area contributed by atoms with E-state index in [1.807, 2.05) is 6.07 Å². The van der Waals surface area contributed by atoms with Gasteiger partial charge in [0.05, 0.1) is 5.38 Å². The Morgan fingerprint density at radius 3 is 2.45 bits per heavy atom. The molecule has 0 saturated heterocycles. The van der Waals surface area contributed by atoms with Gasteiger partial charge in [-0.15, -0.1) is 22.9 Å². The monoisotopic (exact) mass is 330 g/mol. The molecule has 2 aromatic rings. The lowest BCUT2D eigenvalue weighted by Crippen LogP contribution is -2.07. The van der Waals surface area contributed by atoms with Crippen molar-refractivity contribution in [3.63, 3.8) is 0 Å². The predicted octanol–water partition coefficient (Wildman–Crippen LogP) is 6.36. The largest absolute Gasteiger partial charge is 0.207 e. The number of hydrogen-bond acceptors (Lipinski definition) is 1. The Kier molecular flexibility index (Phi) is 4.78. The third-order valence-corrected chi connectivity index (χ3v) is 5.62. The van der Waals surface area contributed by atoms with Crippen LogP contribution in [-0.2, 0) is 11.8 Å². The molecular weight excluding hydrogens is 314 g/mol. The quantitative estimate of drug-likeness (QED) is 0.574. The summed E-state index contributed by atoms with van der Waals surface area (Å²) >= 11 is 14.2. The fraction of sp³-hybridized carbons (Fsp3) is 0.375. The van der Waals surface area contributed by atoms with E-state index in [1.54, 1.807) is 23.5 Å². The Bertz CT molecular complexity index is 579. The summed E-state index contributed by atoms with van der Waals surface area (Å²) in [4.78, 5) is 2.33. The molecule has 1 heterocycles. The van der Waals surface area contributed by atoms with Crippen molar-refractivity contribution in [3.8, 4) is 0 Å². The fourth-order valence-corrected chi connectivity index (χ4v) is 3.58. The average Bonchev–Trinajstić information content (AvgIpc) is 2.83. The van der Waals surface area contributed by atoms with Gasteiger partial charge in [0.15, 0.2) is 0 Å². The van der Waals surface area contributed by atoms with Crippen molar-refractivity contribution in [2.24, 2.45) is 0 Å². The molecular formula is C16H17Cl2FS. The van der Waals surface area contributed by atoms with Crippen molar-refractivity contribution in [1.82, 2.24) is 0 Å². The molecule has 0 aliphatic rings. The lowest BCUT2D eigenvalue weighted by atomic mass is 9.95. The summed E-state index contributed by atoms with van der Waals surface area (Å²) in [6.07, 6.45) is 0.400. The van der Waals surface area contributed by atoms with Gasteiger partial charge in [0.1, 0.15) is 5.82 Å². The van der Waals surface area contributed by atoms with Crippen molar-refractivity contribution in [1.29, 1.82) is 0 Å². The molecule has 1 unspecified atom stereocenters. The van der Waals surface area contributed by atoms with Crippen LogP contribution in [0.4, 0.5) is 4.39 Å². The lowest BCUT2D eigenvalue weighted by Gasteiger charge is -2.15. The predicted molar refractivity (Wildman–Crippen MR) is 86.7 cm³/mol. The molecule has 0 amide bonds. The molecule has 108 valence electrons. The zero-order chi connectivity index (χ0) is 14.9. The highest BCUT2D eigenvalue weighted by Crippen LogP contribution is 2.37. The van der Waals surface area contributed by atoms with Gasteiger partial charge in [-0.3, -0.25) is 0 Å². The van der Waals surface area contributed by atoms with Crippen LogP contribution in [-0.4, -0.2) is 0 Å². The van der Waals surface area contributed by atoms with Gasteiger partial charge in [-0.25, -0.2) is 4.39 Å². The molecule has 0 nitrogen and oxygen atoms in total. The van der Waals surface area contributed by atoms with Gasteiger partial charge in [-0.05, 0) is 36.1 Å². The van der Waals surface area contributed by atoms with E-state index in [-0.39, 0.29) is 16.6 Å². The minimum Gasteiger partial charge on any atom is -0.207 e. The summed E-state index contributed by atoms with van der Waals surface area (Å²) in [5.41, 5.74) is 0.592. The molecule has 0 aliphatic heterocycles. The van der Waals surface area contributed by atoms with Crippen molar-refractivity contribution >= 4 is 34.5 Å². The standard InChI is InChI=1S/C16H17Cl2FS/c1-16(2,3)15-8-7-14(20-15)12(18)9-10-11(17)5-4-6-13(10)19/h4-8,12H,9H2,1-3H3. The van der Waals surface area contributed by atoms with Crippen LogP contribution in [0.2, 0.25) is 5.02 Å². The highest BCUT2D eigenvalue weighted by Gasteiger charge is 2.20. The number of hydrogen-bond donors (Lipinski definition) is 0. The third kappa shape index (κ3) is 3.55. The maximum atomic E-state index is 13.8. The summed E-state index contributed by atoms with van der Waals surface area (Å²) in [7, 11) is 0. The summed E-state index contributed by atoms with van der Waals surface area (Å²) in [6.45, 7) is 6.50. The van der Waals surface area contributed by atoms with Gasteiger partial charge in [-0.2, -0.15) is 0 Å². The molecule has 0 bridgehead atoms. The van der Waals surface area contributed by atoms with E-state index in [9.17, 15) is 4.39 Å². The minimum absolute atomic E-state index is 0.106. The molecule has 2 rings (SSSR count). The SMILES string of the molecule is CC(C)(C)c1ccc(C(Cl)Cc2c(F)cccc2Cl)s1. The number of benzene rings is 1. The molecule has 20 heavy (non-hydrogen) atoms. The number of halogens is 3. The second-order valence-corrected chi connectivity index (χ2v) is 7.87. The maximum Gasteiger partial charge on any atom is 0.127 e. The van der Waals surface area contributed by atoms with E-state index in [2.05, 4.69) is 26.8 Å². The van der Waals surface area contributed by atoms with E-state index in [0.29, 0.717) is 17.0 Å². The van der Waals surface area contributed by atoms with E-state index in [4.69, 9.17) is 23.2 Å². The molecule has 0 fully saturated rings. The summed E-state index contributed by atoms with van der Waals surface area (Å²) in [5.74, 6) is -0.296. The Morgan fingerprint density at radius 1 is 1.20 bits per heavy atom. The normalized spacial score (nSPS) is 13.5. The van der Waals surface area contributed by atoms with Crippen LogP contribution in [0, 0.1) is 5.82 Å². The van der Waals surface area contributed by atoms with Crippen LogP contribution in [0.5, 0.6) is 0 Å². The van der Waals surface area contributed by atoms with Gasteiger partial charge in [-0.1, -0.05) is 38.4 Å². The van der Waals surface area contributed by atoms with Crippen LogP contribution in [0.15, 0.2) is 30.3 Å². The molecule has 0 N–H and O–H groups in total. The van der Waals surface area contributed by atoms with Crippen molar-refractivity contribution < 1.29 is 4.39 Å².